The van der Waals surface area contributed by atoms with Crippen molar-refractivity contribution in [3.63, 3.8) is 0 Å². The zero-order valence-corrected chi connectivity index (χ0v) is 10.3. The third-order valence-corrected chi connectivity index (χ3v) is 3.15. The van der Waals surface area contributed by atoms with Gasteiger partial charge in [-0.3, -0.25) is 0 Å². The Morgan fingerprint density at radius 3 is 3.06 bits per heavy atom. The molecular formula is C11H11ClN2OS. The molecule has 2 aromatic rings. The summed E-state index contributed by atoms with van der Waals surface area (Å²) < 4.78 is 5.85. The molecular weight excluding hydrogens is 244 g/mol. The molecule has 0 aliphatic carbocycles. The highest BCUT2D eigenvalue weighted by atomic mass is 35.5. The maximum absolute atomic E-state index is 5.80. The lowest BCUT2D eigenvalue weighted by Crippen LogP contribution is -1.98. The van der Waals surface area contributed by atoms with Gasteiger partial charge in [0, 0.05) is 11.8 Å². The minimum absolute atomic E-state index is 0.671. The van der Waals surface area contributed by atoms with Crippen molar-refractivity contribution in [3.8, 4) is 5.75 Å². The summed E-state index contributed by atoms with van der Waals surface area (Å²) >= 11 is 7.28. The molecule has 5 heteroatoms. The zero-order chi connectivity index (χ0) is 11.4. The van der Waals surface area contributed by atoms with Gasteiger partial charge in [0.05, 0.1) is 19.9 Å². The summed E-state index contributed by atoms with van der Waals surface area (Å²) in [6, 6.07) is 7.77. The second kappa shape index (κ2) is 5.18. The molecule has 0 aliphatic heterocycles. The van der Waals surface area contributed by atoms with Gasteiger partial charge in [-0.2, -0.15) is 0 Å². The summed E-state index contributed by atoms with van der Waals surface area (Å²) in [6.07, 6.45) is 1.66. The number of methoxy groups -OCH3 is 1. The highest BCUT2D eigenvalue weighted by molar-refractivity contribution is 7.15. The topological polar surface area (TPSA) is 34.1 Å². The predicted molar refractivity (Wildman–Crippen MR) is 67.4 cm³/mol. The molecule has 1 heterocycles. The highest BCUT2D eigenvalue weighted by Crippen LogP contribution is 2.21. The Morgan fingerprint density at radius 1 is 1.50 bits per heavy atom. The number of anilines is 1. The van der Waals surface area contributed by atoms with E-state index in [1.165, 1.54) is 11.3 Å². The second-order valence-electron chi connectivity index (χ2n) is 3.14. The third-order valence-electron chi connectivity index (χ3n) is 2.04. The summed E-state index contributed by atoms with van der Waals surface area (Å²) in [5, 5.41) is 4.22. The number of aromatic nitrogens is 1. The lowest BCUT2D eigenvalue weighted by atomic mass is 10.3. The van der Waals surface area contributed by atoms with Crippen LogP contribution in [0.4, 0.5) is 5.69 Å². The van der Waals surface area contributed by atoms with Gasteiger partial charge < -0.3 is 10.1 Å². The fourth-order valence-corrected chi connectivity index (χ4v) is 2.18. The van der Waals surface area contributed by atoms with E-state index in [1.807, 2.05) is 24.3 Å². The number of benzene rings is 1. The van der Waals surface area contributed by atoms with Crippen LogP contribution in [0.5, 0.6) is 5.75 Å². The average Bonchev–Trinajstić information content (AvgIpc) is 2.73. The quantitative estimate of drug-likeness (QED) is 0.908. The van der Waals surface area contributed by atoms with Crippen LogP contribution in [0, 0.1) is 0 Å². The van der Waals surface area contributed by atoms with Crippen LogP contribution < -0.4 is 10.1 Å². The molecule has 1 aromatic carbocycles. The lowest BCUT2D eigenvalue weighted by molar-refractivity contribution is 0.415. The van der Waals surface area contributed by atoms with Crippen molar-refractivity contribution in [1.82, 2.24) is 4.98 Å². The van der Waals surface area contributed by atoms with Gasteiger partial charge >= 0.3 is 0 Å². The van der Waals surface area contributed by atoms with Crippen LogP contribution in [0.1, 0.15) is 5.01 Å². The Balaban J connectivity index is 1.99. The smallest absolute Gasteiger partial charge is 0.120 e. The number of ether oxygens (including phenoxy) is 1. The molecule has 1 aromatic heterocycles. The monoisotopic (exact) mass is 254 g/mol. The number of nitrogens with one attached hydrogen (secondary N) is 1. The maximum atomic E-state index is 5.80. The van der Waals surface area contributed by atoms with Crippen LogP contribution in [0.2, 0.25) is 4.34 Å². The summed E-state index contributed by atoms with van der Waals surface area (Å²) in [5.41, 5.74) is 1.01. The fourth-order valence-electron chi connectivity index (χ4n) is 1.28. The van der Waals surface area contributed by atoms with E-state index in [-0.39, 0.29) is 0 Å². The SMILES string of the molecule is COc1cccc(NCc2ncc(Cl)s2)c1. The van der Waals surface area contributed by atoms with Crippen LogP contribution in [0.25, 0.3) is 0 Å². The summed E-state index contributed by atoms with van der Waals surface area (Å²) in [5.74, 6) is 0.835. The molecule has 84 valence electrons. The van der Waals surface area contributed by atoms with Gasteiger partial charge in [-0.15, -0.1) is 11.3 Å². The standard InChI is InChI=1S/C11H11ClN2OS/c1-15-9-4-2-3-8(5-9)13-7-11-14-6-10(12)16-11/h2-6,13H,7H2,1H3. The first kappa shape index (κ1) is 11.2. The van der Waals surface area contributed by atoms with Gasteiger partial charge in [0.15, 0.2) is 0 Å². The molecule has 0 saturated carbocycles. The molecule has 0 aliphatic rings. The van der Waals surface area contributed by atoms with Crippen molar-refractivity contribution >= 4 is 28.6 Å². The minimum Gasteiger partial charge on any atom is -0.497 e. The van der Waals surface area contributed by atoms with Crippen LogP contribution in [0.3, 0.4) is 0 Å². The predicted octanol–water partition coefficient (Wildman–Crippen LogP) is 3.42. The third kappa shape index (κ3) is 2.87. The lowest BCUT2D eigenvalue weighted by Gasteiger charge is -2.05. The van der Waals surface area contributed by atoms with Crippen LogP contribution in [-0.4, -0.2) is 12.1 Å². The zero-order valence-electron chi connectivity index (χ0n) is 8.74. The molecule has 0 radical (unpaired) electrons. The van der Waals surface area contributed by atoms with Crippen molar-refractivity contribution in [2.75, 3.05) is 12.4 Å². The average molecular weight is 255 g/mol. The van der Waals surface area contributed by atoms with Gasteiger partial charge in [-0.25, -0.2) is 4.98 Å². The second-order valence-corrected chi connectivity index (χ2v) is 4.89. The summed E-state index contributed by atoms with van der Waals surface area (Å²) in [6.45, 7) is 0.671. The molecule has 0 fully saturated rings. The van der Waals surface area contributed by atoms with Gasteiger partial charge in [0.1, 0.15) is 15.1 Å². The Bertz CT molecular complexity index is 473. The van der Waals surface area contributed by atoms with E-state index in [4.69, 9.17) is 16.3 Å². The molecule has 0 bridgehead atoms. The number of hydrogen-bond donors (Lipinski definition) is 1. The number of hydrogen-bond acceptors (Lipinski definition) is 4. The molecule has 2 rings (SSSR count). The largest absolute Gasteiger partial charge is 0.497 e. The molecule has 0 spiro atoms. The number of halogens is 1. The van der Waals surface area contributed by atoms with Gasteiger partial charge in [0.25, 0.3) is 0 Å². The Labute approximate surface area is 103 Å². The van der Waals surface area contributed by atoms with E-state index in [0.717, 1.165) is 16.4 Å². The first-order chi connectivity index (χ1) is 7.78. The molecule has 16 heavy (non-hydrogen) atoms. The van der Waals surface area contributed by atoms with Crippen LogP contribution >= 0.6 is 22.9 Å². The van der Waals surface area contributed by atoms with E-state index < -0.39 is 0 Å². The normalized spacial score (nSPS) is 10.1. The van der Waals surface area contributed by atoms with E-state index in [2.05, 4.69) is 10.3 Å². The maximum Gasteiger partial charge on any atom is 0.120 e. The van der Waals surface area contributed by atoms with Gasteiger partial charge in [-0.1, -0.05) is 17.7 Å². The summed E-state index contributed by atoms with van der Waals surface area (Å²) in [4.78, 5) is 4.17. The van der Waals surface area contributed by atoms with Crippen molar-refractivity contribution in [3.05, 3.63) is 39.8 Å². The molecule has 0 unspecified atom stereocenters. The highest BCUT2D eigenvalue weighted by Gasteiger charge is 2.00. The fraction of sp³-hybridized carbons (Fsp3) is 0.182. The number of rotatable bonds is 4. The minimum atomic E-state index is 0.671. The van der Waals surface area contributed by atoms with E-state index in [1.54, 1.807) is 13.3 Å². The molecule has 0 atom stereocenters. The molecule has 0 saturated heterocycles. The van der Waals surface area contributed by atoms with Crippen LogP contribution in [-0.2, 0) is 6.54 Å². The molecule has 3 nitrogen and oxygen atoms in total. The molecule has 1 N–H and O–H groups in total. The Kier molecular flexibility index (Phi) is 3.64. The Morgan fingerprint density at radius 2 is 2.38 bits per heavy atom. The summed E-state index contributed by atoms with van der Waals surface area (Å²) in [7, 11) is 1.65. The van der Waals surface area contributed by atoms with E-state index >= 15 is 0 Å². The molecule has 0 amide bonds. The van der Waals surface area contributed by atoms with E-state index in [0.29, 0.717) is 10.9 Å². The van der Waals surface area contributed by atoms with Crippen molar-refractivity contribution < 1.29 is 4.74 Å². The van der Waals surface area contributed by atoms with Gasteiger partial charge in [0.2, 0.25) is 0 Å². The van der Waals surface area contributed by atoms with Crippen LogP contribution in [0.15, 0.2) is 30.5 Å². The Hall–Kier alpha value is -1.26. The first-order valence-corrected chi connectivity index (χ1v) is 5.95. The number of nitrogens with zero attached hydrogens (tertiary/aromatic N) is 1. The number of thiazole rings is 1. The van der Waals surface area contributed by atoms with E-state index in [9.17, 15) is 0 Å². The van der Waals surface area contributed by atoms with Crippen molar-refractivity contribution in [2.45, 2.75) is 6.54 Å². The first-order valence-electron chi connectivity index (χ1n) is 4.76. The van der Waals surface area contributed by atoms with Crippen molar-refractivity contribution in [1.29, 1.82) is 0 Å². The van der Waals surface area contributed by atoms with Gasteiger partial charge in [-0.05, 0) is 12.1 Å². The van der Waals surface area contributed by atoms with Crippen molar-refractivity contribution in [2.24, 2.45) is 0 Å².